The van der Waals surface area contributed by atoms with E-state index in [-0.39, 0.29) is 6.61 Å². The zero-order valence-electron chi connectivity index (χ0n) is 12.6. The Labute approximate surface area is 128 Å². The van der Waals surface area contributed by atoms with Crippen molar-refractivity contribution < 1.29 is 28.6 Å². The maximum Gasteiger partial charge on any atom is 0.338 e. The molecule has 0 heterocycles. The molecule has 7 nitrogen and oxygen atoms in total. The highest BCUT2D eigenvalue weighted by molar-refractivity contribution is 5.94. The van der Waals surface area contributed by atoms with Crippen molar-refractivity contribution in [1.29, 1.82) is 0 Å². The van der Waals surface area contributed by atoms with Crippen LogP contribution in [0.2, 0.25) is 0 Å². The van der Waals surface area contributed by atoms with Crippen LogP contribution in [0.5, 0.6) is 0 Å². The first-order valence-electron chi connectivity index (χ1n) is 6.87. The fourth-order valence-corrected chi connectivity index (χ4v) is 1.47. The van der Waals surface area contributed by atoms with Crippen molar-refractivity contribution in [1.82, 2.24) is 0 Å². The molecule has 0 spiro atoms. The van der Waals surface area contributed by atoms with E-state index in [0.29, 0.717) is 24.5 Å². The van der Waals surface area contributed by atoms with E-state index in [1.807, 2.05) is 0 Å². The summed E-state index contributed by atoms with van der Waals surface area (Å²) < 4.78 is 14.4. The second-order valence-electron chi connectivity index (χ2n) is 4.14. The summed E-state index contributed by atoms with van der Waals surface area (Å²) in [5.41, 5.74) is 0.877. The fourth-order valence-electron chi connectivity index (χ4n) is 1.47. The Morgan fingerprint density at radius 2 is 1.64 bits per heavy atom. The molecule has 22 heavy (non-hydrogen) atoms. The number of hydrogen-bond donors (Lipinski definition) is 1. The number of esters is 2. The van der Waals surface area contributed by atoms with Crippen molar-refractivity contribution in [3.63, 3.8) is 0 Å². The molecular weight excluding hydrogens is 290 g/mol. The predicted molar refractivity (Wildman–Crippen MR) is 78.5 cm³/mol. The second kappa shape index (κ2) is 9.51. The summed E-state index contributed by atoms with van der Waals surface area (Å²) >= 11 is 0. The molecule has 0 atom stereocenters. The summed E-state index contributed by atoms with van der Waals surface area (Å²) in [5.74, 6) is -1.51. The number of nitrogens with one attached hydrogen (secondary N) is 1. The molecule has 0 saturated carbocycles. The second-order valence-corrected chi connectivity index (χ2v) is 4.14. The Morgan fingerprint density at radius 3 is 2.23 bits per heavy atom. The number of carbonyl (C=O) groups is 3. The third-order valence-electron chi connectivity index (χ3n) is 2.47. The first-order chi connectivity index (χ1) is 10.6. The molecular formula is C15H19NO6. The standard InChI is InChI=1S/C15H19NO6/c1-3-20-10-14(18)22-9-13(17)16-12-7-5-11(6-8-12)15(19)21-4-2/h5-8H,3-4,9-10H2,1-2H3,(H,16,17). The third kappa shape index (κ3) is 6.36. The quantitative estimate of drug-likeness (QED) is 0.730. The summed E-state index contributed by atoms with van der Waals surface area (Å²) in [6, 6.07) is 6.20. The van der Waals surface area contributed by atoms with Crippen LogP contribution in [0, 0.1) is 0 Å². The minimum Gasteiger partial charge on any atom is -0.462 e. The molecule has 0 saturated heterocycles. The molecule has 120 valence electrons. The van der Waals surface area contributed by atoms with Gasteiger partial charge in [-0.05, 0) is 38.1 Å². The predicted octanol–water partition coefficient (Wildman–Crippen LogP) is 1.38. The molecule has 1 amide bonds. The molecule has 0 unspecified atom stereocenters. The highest BCUT2D eigenvalue weighted by Gasteiger charge is 2.09. The van der Waals surface area contributed by atoms with Crippen LogP contribution in [-0.4, -0.2) is 44.3 Å². The van der Waals surface area contributed by atoms with Crippen LogP contribution in [-0.2, 0) is 23.8 Å². The Morgan fingerprint density at radius 1 is 0.955 bits per heavy atom. The fraction of sp³-hybridized carbons (Fsp3) is 0.400. The van der Waals surface area contributed by atoms with Gasteiger partial charge in [0.1, 0.15) is 6.61 Å². The number of ether oxygens (including phenoxy) is 3. The SMILES string of the molecule is CCOCC(=O)OCC(=O)Nc1ccc(C(=O)OCC)cc1. The van der Waals surface area contributed by atoms with E-state index in [0.717, 1.165) is 0 Å². The van der Waals surface area contributed by atoms with Gasteiger partial charge in [-0.15, -0.1) is 0 Å². The number of carbonyl (C=O) groups excluding carboxylic acids is 3. The van der Waals surface area contributed by atoms with Gasteiger partial charge in [0.25, 0.3) is 5.91 Å². The Bertz CT molecular complexity index is 511. The van der Waals surface area contributed by atoms with Crippen LogP contribution >= 0.6 is 0 Å². The van der Waals surface area contributed by atoms with E-state index >= 15 is 0 Å². The van der Waals surface area contributed by atoms with Crippen LogP contribution in [0.3, 0.4) is 0 Å². The summed E-state index contributed by atoms with van der Waals surface area (Å²) in [7, 11) is 0. The monoisotopic (exact) mass is 309 g/mol. The van der Waals surface area contributed by atoms with Crippen molar-refractivity contribution in [2.75, 3.05) is 31.7 Å². The van der Waals surface area contributed by atoms with E-state index in [4.69, 9.17) is 14.2 Å². The van der Waals surface area contributed by atoms with Gasteiger partial charge in [-0.2, -0.15) is 0 Å². The van der Waals surface area contributed by atoms with E-state index in [1.54, 1.807) is 26.0 Å². The Hall–Kier alpha value is -2.41. The number of hydrogen-bond acceptors (Lipinski definition) is 6. The summed E-state index contributed by atoms with van der Waals surface area (Å²) in [5, 5.41) is 2.54. The average Bonchev–Trinajstić information content (AvgIpc) is 2.52. The lowest BCUT2D eigenvalue weighted by Crippen LogP contribution is -2.22. The molecule has 1 aromatic rings. The van der Waals surface area contributed by atoms with E-state index < -0.39 is 24.5 Å². The van der Waals surface area contributed by atoms with Crippen LogP contribution in [0.15, 0.2) is 24.3 Å². The molecule has 0 aliphatic rings. The van der Waals surface area contributed by atoms with Crippen LogP contribution in [0.4, 0.5) is 5.69 Å². The Kier molecular flexibility index (Phi) is 7.63. The zero-order chi connectivity index (χ0) is 16.4. The van der Waals surface area contributed by atoms with Gasteiger partial charge in [-0.25, -0.2) is 9.59 Å². The minimum absolute atomic E-state index is 0.183. The molecule has 0 aliphatic carbocycles. The first-order valence-corrected chi connectivity index (χ1v) is 6.87. The molecule has 0 fully saturated rings. The lowest BCUT2D eigenvalue weighted by molar-refractivity contribution is -0.151. The van der Waals surface area contributed by atoms with Gasteiger partial charge < -0.3 is 19.5 Å². The van der Waals surface area contributed by atoms with Gasteiger partial charge in [0.15, 0.2) is 6.61 Å². The van der Waals surface area contributed by atoms with E-state index in [2.05, 4.69) is 5.32 Å². The molecule has 0 aliphatic heterocycles. The Balaban J connectivity index is 2.41. The minimum atomic E-state index is -0.602. The van der Waals surface area contributed by atoms with E-state index in [9.17, 15) is 14.4 Å². The van der Waals surface area contributed by atoms with Crippen LogP contribution in [0.25, 0.3) is 0 Å². The van der Waals surface area contributed by atoms with Crippen molar-refractivity contribution in [2.24, 2.45) is 0 Å². The molecule has 0 bridgehead atoms. The maximum atomic E-state index is 11.6. The topological polar surface area (TPSA) is 90.9 Å². The number of anilines is 1. The highest BCUT2D eigenvalue weighted by Crippen LogP contribution is 2.10. The molecule has 0 aromatic heterocycles. The van der Waals surface area contributed by atoms with Crippen molar-refractivity contribution in [3.8, 4) is 0 Å². The average molecular weight is 309 g/mol. The lowest BCUT2D eigenvalue weighted by atomic mass is 10.2. The van der Waals surface area contributed by atoms with Crippen molar-refractivity contribution >= 4 is 23.5 Å². The van der Waals surface area contributed by atoms with Crippen molar-refractivity contribution in [2.45, 2.75) is 13.8 Å². The van der Waals surface area contributed by atoms with Crippen LogP contribution < -0.4 is 5.32 Å². The normalized spacial score (nSPS) is 9.91. The maximum absolute atomic E-state index is 11.6. The van der Waals surface area contributed by atoms with E-state index in [1.165, 1.54) is 12.1 Å². The van der Waals surface area contributed by atoms with Crippen molar-refractivity contribution in [3.05, 3.63) is 29.8 Å². The number of benzene rings is 1. The third-order valence-corrected chi connectivity index (χ3v) is 2.47. The summed E-state index contributed by atoms with van der Waals surface area (Å²) in [4.78, 5) is 34.2. The van der Waals surface area contributed by atoms with Gasteiger partial charge in [0.05, 0.1) is 12.2 Å². The lowest BCUT2D eigenvalue weighted by Gasteiger charge is -2.07. The molecule has 0 radical (unpaired) electrons. The highest BCUT2D eigenvalue weighted by atomic mass is 16.6. The molecule has 1 rings (SSSR count). The van der Waals surface area contributed by atoms with Gasteiger partial charge in [-0.3, -0.25) is 4.79 Å². The van der Waals surface area contributed by atoms with Gasteiger partial charge in [-0.1, -0.05) is 0 Å². The molecule has 1 N–H and O–H groups in total. The van der Waals surface area contributed by atoms with Gasteiger partial charge >= 0.3 is 11.9 Å². The molecule has 7 heteroatoms. The number of rotatable bonds is 8. The van der Waals surface area contributed by atoms with Gasteiger partial charge in [0, 0.05) is 12.3 Å². The smallest absolute Gasteiger partial charge is 0.338 e. The summed E-state index contributed by atoms with van der Waals surface area (Å²) in [6.45, 7) is 3.58. The summed E-state index contributed by atoms with van der Waals surface area (Å²) in [6.07, 6.45) is 0. The first kappa shape index (κ1) is 17.6. The largest absolute Gasteiger partial charge is 0.462 e. The number of amides is 1. The van der Waals surface area contributed by atoms with Crippen LogP contribution in [0.1, 0.15) is 24.2 Å². The molecule has 1 aromatic carbocycles. The zero-order valence-corrected chi connectivity index (χ0v) is 12.6. The van der Waals surface area contributed by atoms with Gasteiger partial charge in [0.2, 0.25) is 0 Å².